The van der Waals surface area contributed by atoms with E-state index in [1.54, 1.807) is 0 Å². The number of hydrogen-bond acceptors (Lipinski definition) is 1. The highest BCUT2D eigenvalue weighted by Crippen LogP contribution is 2.20. The first-order valence-corrected chi connectivity index (χ1v) is 3.70. The fourth-order valence-corrected chi connectivity index (χ4v) is 0.793. The van der Waals surface area contributed by atoms with Gasteiger partial charge in [-0.3, -0.25) is 4.79 Å². The van der Waals surface area contributed by atoms with E-state index < -0.39 is 0 Å². The van der Waals surface area contributed by atoms with Gasteiger partial charge in [0.15, 0.2) is 0 Å². The lowest BCUT2D eigenvalue weighted by Gasteiger charge is -2.16. The Morgan fingerprint density at radius 1 is 1.40 bits per heavy atom. The average molecular weight is 143 g/mol. The summed E-state index contributed by atoms with van der Waals surface area (Å²) < 4.78 is 0. The van der Waals surface area contributed by atoms with E-state index in [2.05, 4.69) is 20.8 Å². The molecule has 0 fully saturated rings. The van der Waals surface area contributed by atoms with Crippen LogP contribution in [0.15, 0.2) is 0 Å². The Morgan fingerprint density at radius 2 is 1.90 bits per heavy atom. The van der Waals surface area contributed by atoms with Crippen molar-refractivity contribution in [1.82, 2.24) is 0 Å². The lowest BCUT2D eigenvalue weighted by atomic mass is 9.90. The number of amides is 1. The highest BCUT2D eigenvalue weighted by atomic mass is 16.1. The summed E-state index contributed by atoms with van der Waals surface area (Å²) in [5, 5.41) is 0. The smallest absolute Gasteiger partial charge is 0.217 e. The molecule has 2 heteroatoms. The summed E-state index contributed by atoms with van der Waals surface area (Å²) in [6, 6.07) is 0. The van der Waals surface area contributed by atoms with E-state index in [1.807, 2.05) is 0 Å². The molecule has 0 unspecified atom stereocenters. The average Bonchev–Trinajstić information content (AvgIpc) is 1.59. The summed E-state index contributed by atoms with van der Waals surface area (Å²) >= 11 is 0. The van der Waals surface area contributed by atoms with Crippen molar-refractivity contribution >= 4 is 5.91 Å². The quantitative estimate of drug-likeness (QED) is 0.641. The number of carbonyl (C=O) groups is 1. The van der Waals surface area contributed by atoms with Crippen LogP contribution in [-0.2, 0) is 4.79 Å². The maximum Gasteiger partial charge on any atom is 0.217 e. The summed E-state index contributed by atoms with van der Waals surface area (Å²) in [5.41, 5.74) is 5.31. The Labute approximate surface area is 62.8 Å². The molecule has 0 heterocycles. The van der Waals surface area contributed by atoms with Gasteiger partial charge in [0.2, 0.25) is 5.91 Å². The van der Waals surface area contributed by atoms with Crippen LogP contribution in [0.3, 0.4) is 0 Å². The first kappa shape index (κ1) is 9.47. The highest BCUT2D eigenvalue weighted by molar-refractivity contribution is 5.73. The van der Waals surface area contributed by atoms with Crippen LogP contribution in [0.25, 0.3) is 0 Å². The maximum absolute atomic E-state index is 10.3. The molecule has 0 aromatic carbocycles. The maximum atomic E-state index is 10.3. The Kier molecular flexibility index (Phi) is 3.40. The molecule has 10 heavy (non-hydrogen) atoms. The molecule has 0 rings (SSSR count). The van der Waals surface area contributed by atoms with Crippen molar-refractivity contribution in [3.8, 4) is 0 Å². The van der Waals surface area contributed by atoms with Crippen LogP contribution in [0.1, 0.15) is 40.0 Å². The van der Waals surface area contributed by atoms with Crippen LogP contribution >= 0.6 is 0 Å². The largest absolute Gasteiger partial charge is 0.370 e. The zero-order chi connectivity index (χ0) is 8.20. The van der Waals surface area contributed by atoms with Crippen LogP contribution in [0.4, 0.5) is 0 Å². The van der Waals surface area contributed by atoms with E-state index >= 15 is 0 Å². The van der Waals surface area contributed by atoms with Crippen molar-refractivity contribution in [3.05, 3.63) is 0 Å². The van der Waals surface area contributed by atoms with Gasteiger partial charge in [0.05, 0.1) is 0 Å². The van der Waals surface area contributed by atoms with E-state index in [4.69, 9.17) is 5.73 Å². The van der Waals surface area contributed by atoms with E-state index in [0.717, 1.165) is 12.8 Å². The van der Waals surface area contributed by atoms with E-state index in [-0.39, 0.29) is 5.91 Å². The number of rotatable bonds is 3. The van der Waals surface area contributed by atoms with Gasteiger partial charge in [0, 0.05) is 6.42 Å². The van der Waals surface area contributed by atoms with Crippen LogP contribution in [0.2, 0.25) is 0 Å². The third kappa shape index (κ3) is 7.47. The van der Waals surface area contributed by atoms with Crippen molar-refractivity contribution < 1.29 is 4.79 Å². The molecule has 0 aromatic rings. The van der Waals surface area contributed by atoms with Gasteiger partial charge in [-0.15, -0.1) is 0 Å². The van der Waals surface area contributed by atoms with Gasteiger partial charge in [-0.05, 0) is 18.3 Å². The molecule has 0 saturated carbocycles. The number of nitrogens with two attached hydrogens (primary N) is 1. The third-order valence-corrected chi connectivity index (χ3v) is 1.35. The molecular formula is C8H17NO. The fraction of sp³-hybridized carbons (Fsp3) is 0.875. The van der Waals surface area contributed by atoms with Crippen molar-refractivity contribution in [1.29, 1.82) is 0 Å². The summed E-state index contributed by atoms with van der Waals surface area (Å²) in [5.74, 6) is -0.191. The zero-order valence-corrected chi connectivity index (χ0v) is 7.11. The van der Waals surface area contributed by atoms with Gasteiger partial charge in [-0.1, -0.05) is 20.8 Å². The second-order valence-electron chi connectivity index (χ2n) is 3.88. The molecule has 0 aromatic heterocycles. The molecule has 0 radical (unpaired) electrons. The molecule has 0 atom stereocenters. The lowest BCUT2D eigenvalue weighted by molar-refractivity contribution is -0.118. The fourth-order valence-electron chi connectivity index (χ4n) is 0.793. The first-order chi connectivity index (χ1) is 4.42. The minimum atomic E-state index is -0.191. The van der Waals surface area contributed by atoms with Crippen LogP contribution < -0.4 is 5.73 Å². The van der Waals surface area contributed by atoms with Crippen LogP contribution in [0.5, 0.6) is 0 Å². The summed E-state index contributed by atoms with van der Waals surface area (Å²) in [6.07, 6.45) is 2.51. The zero-order valence-electron chi connectivity index (χ0n) is 7.11. The summed E-state index contributed by atoms with van der Waals surface area (Å²) in [7, 11) is 0. The molecule has 2 nitrogen and oxygen atoms in total. The van der Waals surface area contributed by atoms with Gasteiger partial charge in [-0.25, -0.2) is 0 Å². The Balaban J connectivity index is 3.29. The monoisotopic (exact) mass is 143 g/mol. The molecule has 0 bridgehead atoms. The molecule has 0 aliphatic carbocycles. The molecule has 60 valence electrons. The summed E-state index contributed by atoms with van der Waals surface area (Å²) in [4.78, 5) is 10.3. The molecule has 1 amide bonds. The van der Waals surface area contributed by atoms with Gasteiger partial charge in [0.25, 0.3) is 0 Å². The molecule has 0 spiro atoms. The van der Waals surface area contributed by atoms with Crippen LogP contribution in [-0.4, -0.2) is 5.91 Å². The van der Waals surface area contributed by atoms with E-state index in [9.17, 15) is 4.79 Å². The lowest BCUT2D eigenvalue weighted by Crippen LogP contribution is -2.12. The second-order valence-corrected chi connectivity index (χ2v) is 3.88. The minimum Gasteiger partial charge on any atom is -0.370 e. The standard InChI is InChI=1S/C8H17NO/c1-8(2,3)6-4-5-7(9)10/h4-6H2,1-3H3,(H2,9,10). The normalized spacial score (nSPS) is 11.5. The Morgan fingerprint density at radius 3 is 2.20 bits per heavy atom. The van der Waals surface area contributed by atoms with Gasteiger partial charge in [-0.2, -0.15) is 0 Å². The van der Waals surface area contributed by atoms with Crippen molar-refractivity contribution in [2.75, 3.05) is 0 Å². The molecule has 0 aliphatic heterocycles. The molecular weight excluding hydrogens is 126 g/mol. The number of hydrogen-bond donors (Lipinski definition) is 1. The predicted molar refractivity (Wildman–Crippen MR) is 42.5 cm³/mol. The Hall–Kier alpha value is -0.530. The second kappa shape index (κ2) is 3.59. The van der Waals surface area contributed by atoms with Crippen molar-refractivity contribution in [3.63, 3.8) is 0 Å². The Bertz CT molecular complexity index is 113. The molecule has 0 saturated heterocycles. The van der Waals surface area contributed by atoms with Gasteiger partial charge in [0.1, 0.15) is 0 Å². The molecule has 2 N–H and O–H groups in total. The van der Waals surface area contributed by atoms with E-state index in [0.29, 0.717) is 11.8 Å². The van der Waals surface area contributed by atoms with Crippen molar-refractivity contribution in [2.24, 2.45) is 11.1 Å². The first-order valence-electron chi connectivity index (χ1n) is 3.70. The van der Waals surface area contributed by atoms with Gasteiger partial charge < -0.3 is 5.73 Å². The van der Waals surface area contributed by atoms with E-state index in [1.165, 1.54) is 0 Å². The van der Waals surface area contributed by atoms with Crippen molar-refractivity contribution in [2.45, 2.75) is 40.0 Å². The minimum absolute atomic E-state index is 0.191. The number of carbonyl (C=O) groups excluding carboxylic acids is 1. The predicted octanol–water partition coefficient (Wildman–Crippen LogP) is 1.69. The topological polar surface area (TPSA) is 43.1 Å². The third-order valence-electron chi connectivity index (χ3n) is 1.35. The highest BCUT2D eigenvalue weighted by Gasteiger charge is 2.09. The molecule has 0 aliphatic rings. The SMILES string of the molecule is CC(C)(C)CCCC(N)=O. The summed E-state index contributed by atoms with van der Waals surface area (Å²) in [6.45, 7) is 6.48. The van der Waals surface area contributed by atoms with Crippen LogP contribution in [0, 0.1) is 5.41 Å². The van der Waals surface area contributed by atoms with Gasteiger partial charge >= 0.3 is 0 Å². The number of primary amides is 1.